The summed E-state index contributed by atoms with van der Waals surface area (Å²) in [5.74, 6) is -1.47. The van der Waals surface area contributed by atoms with Gasteiger partial charge in [0, 0.05) is 19.9 Å². The lowest BCUT2D eigenvalue weighted by Gasteiger charge is -2.13. The SMILES string of the molecule is COC(CNC(=O)C(=O)Nc1ccccc1)OC. The summed E-state index contributed by atoms with van der Waals surface area (Å²) in [5, 5.41) is 4.87. The Morgan fingerprint density at radius 2 is 1.72 bits per heavy atom. The van der Waals surface area contributed by atoms with Crippen molar-refractivity contribution in [1.29, 1.82) is 0 Å². The van der Waals surface area contributed by atoms with E-state index in [2.05, 4.69) is 10.6 Å². The number of carbonyl (C=O) groups excluding carboxylic acids is 2. The molecule has 0 unspecified atom stereocenters. The minimum absolute atomic E-state index is 0.105. The summed E-state index contributed by atoms with van der Waals surface area (Å²) in [6, 6.07) is 8.73. The molecule has 1 rings (SSSR count). The molecule has 1 aromatic rings. The summed E-state index contributed by atoms with van der Waals surface area (Å²) in [4.78, 5) is 22.9. The monoisotopic (exact) mass is 252 g/mol. The molecule has 2 N–H and O–H groups in total. The van der Waals surface area contributed by atoms with Crippen molar-refractivity contribution >= 4 is 17.5 Å². The average Bonchev–Trinajstić information content (AvgIpc) is 2.40. The van der Waals surface area contributed by atoms with E-state index in [1.807, 2.05) is 6.07 Å². The third kappa shape index (κ3) is 4.52. The molecular formula is C12H16N2O4. The Kier molecular flexibility index (Phi) is 5.83. The quantitative estimate of drug-likeness (QED) is 0.586. The molecule has 0 spiro atoms. The maximum absolute atomic E-state index is 11.5. The summed E-state index contributed by atoms with van der Waals surface area (Å²) < 4.78 is 9.76. The summed E-state index contributed by atoms with van der Waals surface area (Å²) >= 11 is 0. The van der Waals surface area contributed by atoms with Crippen molar-refractivity contribution in [3.8, 4) is 0 Å². The number of anilines is 1. The molecule has 0 aliphatic rings. The Hall–Kier alpha value is -1.92. The van der Waals surface area contributed by atoms with Crippen LogP contribution in [0.1, 0.15) is 0 Å². The van der Waals surface area contributed by atoms with Crippen molar-refractivity contribution in [2.24, 2.45) is 0 Å². The highest BCUT2D eigenvalue weighted by Crippen LogP contribution is 2.04. The number of hydrogen-bond acceptors (Lipinski definition) is 4. The molecule has 6 nitrogen and oxygen atoms in total. The zero-order chi connectivity index (χ0) is 13.4. The first-order chi connectivity index (χ1) is 8.67. The molecule has 0 fully saturated rings. The highest BCUT2D eigenvalue weighted by Gasteiger charge is 2.15. The molecule has 0 aliphatic heterocycles. The van der Waals surface area contributed by atoms with E-state index < -0.39 is 18.1 Å². The molecule has 0 aliphatic carbocycles. The Labute approximate surface area is 105 Å². The van der Waals surface area contributed by atoms with E-state index in [9.17, 15) is 9.59 Å². The number of benzene rings is 1. The Morgan fingerprint density at radius 1 is 1.11 bits per heavy atom. The van der Waals surface area contributed by atoms with Gasteiger partial charge in [-0.25, -0.2) is 0 Å². The number of para-hydroxylation sites is 1. The lowest BCUT2D eigenvalue weighted by atomic mass is 10.3. The van der Waals surface area contributed by atoms with Crippen LogP contribution >= 0.6 is 0 Å². The van der Waals surface area contributed by atoms with Crippen LogP contribution in [0.25, 0.3) is 0 Å². The molecule has 1 aromatic carbocycles. The van der Waals surface area contributed by atoms with Gasteiger partial charge in [0.2, 0.25) is 0 Å². The molecule has 18 heavy (non-hydrogen) atoms. The molecule has 0 atom stereocenters. The first-order valence-corrected chi connectivity index (χ1v) is 5.37. The normalized spacial score (nSPS) is 10.2. The largest absolute Gasteiger partial charge is 0.354 e. The molecule has 0 saturated heterocycles. The molecule has 0 aromatic heterocycles. The Bertz CT molecular complexity index is 390. The first kappa shape index (κ1) is 14.1. The van der Waals surface area contributed by atoms with Crippen molar-refractivity contribution in [2.75, 3.05) is 26.1 Å². The van der Waals surface area contributed by atoms with Gasteiger partial charge in [0.25, 0.3) is 0 Å². The van der Waals surface area contributed by atoms with E-state index in [0.29, 0.717) is 5.69 Å². The van der Waals surface area contributed by atoms with Crippen LogP contribution in [0.3, 0.4) is 0 Å². The van der Waals surface area contributed by atoms with E-state index in [-0.39, 0.29) is 6.54 Å². The maximum Gasteiger partial charge on any atom is 0.313 e. The predicted molar refractivity (Wildman–Crippen MR) is 65.9 cm³/mol. The molecule has 6 heteroatoms. The van der Waals surface area contributed by atoms with Crippen molar-refractivity contribution in [2.45, 2.75) is 6.29 Å². The second kappa shape index (κ2) is 7.41. The minimum Gasteiger partial charge on any atom is -0.354 e. The number of carbonyl (C=O) groups is 2. The molecule has 0 bridgehead atoms. The molecule has 98 valence electrons. The molecular weight excluding hydrogens is 236 g/mol. The molecule has 0 saturated carbocycles. The van der Waals surface area contributed by atoms with Gasteiger partial charge in [-0.1, -0.05) is 18.2 Å². The van der Waals surface area contributed by atoms with E-state index in [1.54, 1.807) is 24.3 Å². The zero-order valence-electron chi connectivity index (χ0n) is 10.3. The smallest absolute Gasteiger partial charge is 0.313 e. The van der Waals surface area contributed by atoms with Crippen LogP contribution in [-0.4, -0.2) is 38.9 Å². The van der Waals surface area contributed by atoms with Crippen LogP contribution in [-0.2, 0) is 19.1 Å². The number of methoxy groups -OCH3 is 2. The fourth-order valence-corrected chi connectivity index (χ4v) is 1.23. The highest BCUT2D eigenvalue weighted by atomic mass is 16.7. The van der Waals surface area contributed by atoms with Crippen LogP contribution in [0.4, 0.5) is 5.69 Å². The van der Waals surface area contributed by atoms with Gasteiger partial charge >= 0.3 is 11.8 Å². The maximum atomic E-state index is 11.5. The van der Waals surface area contributed by atoms with Gasteiger partial charge in [0.15, 0.2) is 6.29 Å². The van der Waals surface area contributed by atoms with Crippen molar-refractivity contribution in [1.82, 2.24) is 5.32 Å². The topological polar surface area (TPSA) is 76.7 Å². The lowest BCUT2D eigenvalue weighted by molar-refractivity contribution is -0.139. The zero-order valence-corrected chi connectivity index (χ0v) is 10.3. The van der Waals surface area contributed by atoms with Crippen molar-refractivity contribution < 1.29 is 19.1 Å². The fourth-order valence-electron chi connectivity index (χ4n) is 1.23. The second-order valence-corrected chi connectivity index (χ2v) is 3.43. The van der Waals surface area contributed by atoms with Gasteiger partial charge in [0.1, 0.15) is 0 Å². The van der Waals surface area contributed by atoms with Crippen molar-refractivity contribution in [3.05, 3.63) is 30.3 Å². The van der Waals surface area contributed by atoms with Crippen LogP contribution in [0.5, 0.6) is 0 Å². The average molecular weight is 252 g/mol. The number of amides is 2. The predicted octanol–water partition coefficient (Wildman–Crippen LogP) is 0.360. The van der Waals surface area contributed by atoms with Gasteiger partial charge in [-0.3, -0.25) is 9.59 Å². The van der Waals surface area contributed by atoms with Crippen molar-refractivity contribution in [3.63, 3.8) is 0 Å². The van der Waals surface area contributed by atoms with E-state index in [4.69, 9.17) is 9.47 Å². The number of rotatable bonds is 5. The summed E-state index contributed by atoms with van der Waals surface area (Å²) in [6.45, 7) is 0.105. The summed E-state index contributed by atoms with van der Waals surface area (Å²) in [6.07, 6.45) is -0.571. The highest BCUT2D eigenvalue weighted by molar-refractivity contribution is 6.39. The van der Waals surface area contributed by atoms with Crippen LogP contribution < -0.4 is 10.6 Å². The number of hydrogen-bond donors (Lipinski definition) is 2. The fraction of sp³-hybridized carbons (Fsp3) is 0.333. The molecule has 0 radical (unpaired) electrons. The minimum atomic E-state index is -0.738. The number of nitrogens with one attached hydrogen (secondary N) is 2. The first-order valence-electron chi connectivity index (χ1n) is 5.37. The third-order valence-electron chi connectivity index (χ3n) is 2.19. The Balaban J connectivity index is 2.40. The van der Waals surface area contributed by atoms with Gasteiger partial charge in [-0.2, -0.15) is 0 Å². The van der Waals surface area contributed by atoms with Gasteiger partial charge in [-0.15, -0.1) is 0 Å². The van der Waals surface area contributed by atoms with E-state index in [0.717, 1.165) is 0 Å². The summed E-state index contributed by atoms with van der Waals surface area (Å²) in [7, 11) is 2.90. The lowest BCUT2D eigenvalue weighted by Crippen LogP contribution is -2.40. The third-order valence-corrected chi connectivity index (χ3v) is 2.19. The summed E-state index contributed by atoms with van der Waals surface area (Å²) in [5.41, 5.74) is 0.563. The van der Waals surface area contributed by atoms with Gasteiger partial charge in [-0.05, 0) is 12.1 Å². The van der Waals surface area contributed by atoms with E-state index in [1.165, 1.54) is 14.2 Å². The number of ether oxygens (including phenoxy) is 2. The Morgan fingerprint density at radius 3 is 2.28 bits per heavy atom. The van der Waals surface area contributed by atoms with Crippen LogP contribution in [0.2, 0.25) is 0 Å². The molecule has 0 heterocycles. The standard InChI is InChI=1S/C12H16N2O4/c1-17-10(18-2)8-13-11(15)12(16)14-9-6-4-3-5-7-9/h3-7,10H,8H2,1-2H3,(H,13,15)(H,14,16). The van der Waals surface area contributed by atoms with Crippen LogP contribution in [0, 0.1) is 0 Å². The van der Waals surface area contributed by atoms with Crippen LogP contribution in [0.15, 0.2) is 30.3 Å². The second-order valence-electron chi connectivity index (χ2n) is 3.43. The molecule has 2 amide bonds. The van der Waals surface area contributed by atoms with Gasteiger partial charge < -0.3 is 20.1 Å². The van der Waals surface area contributed by atoms with E-state index >= 15 is 0 Å². The van der Waals surface area contributed by atoms with Gasteiger partial charge in [0.05, 0.1) is 6.54 Å².